The summed E-state index contributed by atoms with van der Waals surface area (Å²) < 4.78 is 0. The Morgan fingerprint density at radius 1 is 1.47 bits per heavy atom. The summed E-state index contributed by atoms with van der Waals surface area (Å²) in [6, 6.07) is 9.69. The summed E-state index contributed by atoms with van der Waals surface area (Å²) in [7, 11) is 0. The van der Waals surface area contributed by atoms with Crippen LogP contribution in [0.15, 0.2) is 35.5 Å². The third kappa shape index (κ3) is 2.22. The molecule has 0 bridgehead atoms. The highest BCUT2D eigenvalue weighted by Crippen LogP contribution is 2.13. The van der Waals surface area contributed by atoms with Crippen LogP contribution in [-0.4, -0.2) is 17.2 Å². The number of H-pyrrole nitrogens is 1. The normalized spacial score (nSPS) is 11.0. The van der Waals surface area contributed by atoms with Crippen LogP contribution in [0, 0.1) is 0 Å². The van der Waals surface area contributed by atoms with Crippen molar-refractivity contribution in [3.05, 3.63) is 36.0 Å². The number of aromatic amines is 1. The standard InChI is InChI=1S/C11H9N2O2/c1-8(14)15-12-7-10-6-9-4-2-3-5-11(9)13-10/h2-6,13H,1H3. The zero-order chi connectivity index (χ0) is 10.7. The van der Waals surface area contributed by atoms with Crippen LogP contribution in [0.3, 0.4) is 0 Å². The predicted octanol–water partition coefficient (Wildman–Crippen LogP) is 1.94. The smallest absolute Gasteiger partial charge is 0.332 e. The molecule has 2 rings (SSSR count). The molecule has 0 amide bonds. The number of hydrogen-bond acceptors (Lipinski definition) is 3. The SMILES string of the molecule is CC(=O)O/N=[C]/c1cc2ccccc2[nH]1. The second-order valence-corrected chi connectivity index (χ2v) is 3.06. The molecular weight excluding hydrogens is 192 g/mol. The Hall–Kier alpha value is -2.10. The number of carbonyl (C=O) groups is 1. The maximum atomic E-state index is 10.4. The van der Waals surface area contributed by atoms with E-state index < -0.39 is 5.97 Å². The van der Waals surface area contributed by atoms with E-state index in [4.69, 9.17) is 0 Å². The molecule has 0 aliphatic rings. The Bertz CT molecular complexity index is 481. The van der Waals surface area contributed by atoms with Crippen LogP contribution < -0.4 is 0 Å². The first-order valence-electron chi connectivity index (χ1n) is 4.47. The van der Waals surface area contributed by atoms with Crippen molar-refractivity contribution in [2.75, 3.05) is 0 Å². The molecular formula is C11H9N2O2. The first-order chi connectivity index (χ1) is 7.25. The predicted molar refractivity (Wildman–Crippen MR) is 56.6 cm³/mol. The fourth-order valence-electron chi connectivity index (χ4n) is 1.27. The molecule has 4 heteroatoms. The molecule has 1 aromatic heterocycles. The van der Waals surface area contributed by atoms with E-state index in [0.29, 0.717) is 5.69 Å². The fraction of sp³-hybridized carbons (Fsp3) is 0.0909. The van der Waals surface area contributed by atoms with Crippen LogP contribution in [0.4, 0.5) is 0 Å². The molecule has 1 N–H and O–H groups in total. The van der Waals surface area contributed by atoms with Crippen molar-refractivity contribution in [1.82, 2.24) is 4.98 Å². The summed E-state index contributed by atoms with van der Waals surface area (Å²) >= 11 is 0. The molecule has 1 radical (unpaired) electrons. The Labute approximate surface area is 86.5 Å². The van der Waals surface area contributed by atoms with Crippen molar-refractivity contribution in [2.45, 2.75) is 6.92 Å². The quantitative estimate of drug-likeness (QED) is 0.458. The molecule has 75 valence electrons. The number of fused-ring (bicyclic) bond motifs is 1. The van der Waals surface area contributed by atoms with Crippen LogP contribution in [0.5, 0.6) is 0 Å². The number of aromatic nitrogens is 1. The van der Waals surface area contributed by atoms with Gasteiger partial charge < -0.3 is 9.82 Å². The van der Waals surface area contributed by atoms with Crippen LogP contribution in [0.25, 0.3) is 10.9 Å². The van der Waals surface area contributed by atoms with E-state index in [2.05, 4.69) is 21.2 Å². The molecule has 0 saturated heterocycles. The van der Waals surface area contributed by atoms with Crippen molar-refractivity contribution in [3.63, 3.8) is 0 Å². The largest absolute Gasteiger partial charge is 0.353 e. The van der Waals surface area contributed by atoms with E-state index in [1.165, 1.54) is 6.92 Å². The Kier molecular flexibility index (Phi) is 2.49. The van der Waals surface area contributed by atoms with Gasteiger partial charge in [0.15, 0.2) is 6.21 Å². The molecule has 0 atom stereocenters. The van der Waals surface area contributed by atoms with Gasteiger partial charge in [-0.3, -0.25) is 0 Å². The van der Waals surface area contributed by atoms with Gasteiger partial charge in [-0.05, 0) is 12.1 Å². The maximum absolute atomic E-state index is 10.4. The van der Waals surface area contributed by atoms with Crippen molar-refractivity contribution in [2.24, 2.45) is 5.16 Å². The van der Waals surface area contributed by atoms with E-state index in [1.54, 1.807) is 0 Å². The molecule has 0 saturated carbocycles. The number of hydrogen-bond donors (Lipinski definition) is 1. The average Bonchev–Trinajstić information content (AvgIpc) is 2.59. The van der Waals surface area contributed by atoms with E-state index in [0.717, 1.165) is 10.9 Å². The van der Waals surface area contributed by atoms with Gasteiger partial charge in [-0.15, -0.1) is 0 Å². The summed E-state index contributed by atoms with van der Waals surface area (Å²) in [5.41, 5.74) is 1.68. The van der Waals surface area contributed by atoms with Crippen LogP contribution in [0.2, 0.25) is 0 Å². The number of para-hydroxylation sites is 1. The fourth-order valence-corrected chi connectivity index (χ4v) is 1.27. The second kappa shape index (κ2) is 3.96. The number of rotatable bonds is 2. The molecule has 0 aliphatic carbocycles. The summed E-state index contributed by atoms with van der Waals surface area (Å²) in [6.07, 6.45) is 2.59. The number of carbonyl (C=O) groups excluding carboxylic acids is 1. The molecule has 1 aromatic carbocycles. The van der Waals surface area contributed by atoms with Gasteiger partial charge in [-0.2, -0.15) is 0 Å². The monoisotopic (exact) mass is 201 g/mol. The summed E-state index contributed by atoms with van der Waals surface area (Å²) in [6.45, 7) is 1.29. The van der Waals surface area contributed by atoms with Crippen molar-refractivity contribution >= 4 is 23.1 Å². The lowest BCUT2D eigenvalue weighted by Gasteiger charge is -1.86. The molecule has 0 unspecified atom stereocenters. The van der Waals surface area contributed by atoms with Gasteiger partial charge in [-0.1, -0.05) is 23.4 Å². The number of nitrogens with zero attached hydrogens (tertiary/aromatic N) is 1. The van der Waals surface area contributed by atoms with Gasteiger partial charge in [0, 0.05) is 17.8 Å². The van der Waals surface area contributed by atoms with Gasteiger partial charge in [-0.25, -0.2) is 4.79 Å². The zero-order valence-electron chi connectivity index (χ0n) is 8.15. The first-order valence-corrected chi connectivity index (χ1v) is 4.47. The van der Waals surface area contributed by atoms with Gasteiger partial charge in [0.25, 0.3) is 0 Å². The first kappa shape index (κ1) is 9.45. The van der Waals surface area contributed by atoms with Crippen molar-refractivity contribution in [3.8, 4) is 0 Å². The van der Waals surface area contributed by atoms with Gasteiger partial charge >= 0.3 is 5.97 Å². The molecule has 15 heavy (non-hydrogen) atoms. The molecule has 2 aromatic rings. The Morgan fingerprint density at radius 3 is 3.00 bits per heavy atom. The molecule has 0 fully saturated rings. The van der Waals surface area contributed by atoms with Crippen molar-refractivity contribution < 1.29 is 9.63 Å². The summed E-state index contributed by atoms with van der Waals surface area (Å²) in [5.74, 6) is -0.460. The minimum Gasteiger partial charge on any atom is -0.353 e. The molecule has 0 spiro atoms. The van der Waals surface area contributed by atoms with E-state index in [9.17, 15) is 4.79 Å². The third-order valence-electron chi connectivity index (χ3n) is 1.87. The van der Waals surface area contributed by atoms with E-state index >= 15 is 0 Å². The van der Waals surface area contributed by atoms with E-state index in [-0.39, 0.29) is 0 Å². The zero-order valence-corrected chi connectivity index (χ0v) is 8.15. The van der Waals surface area contributed by atoms with Crippen LogP contribution >= 0.6 is 0 Å². The minimum atomic E-state index is -0.460. The highest BCUT2D eigenvalue weighted by Gasteiger charge is 1.97. The van der Waals surface area contributed by atoms with Gasteiger partial charge in [0.1, 0.15) is 0 Å². The third-order valence-corrected chi connectivity index (χ3v) is 1.87. The van der Waals surface area contributed by atoms with Crippen molar-refractivity contribution in [1.29, 1.82) is 0 Å². The molecule has 0 aliphatic heterocycles. The van der Waals surface area contributed by atoms with Crippen LogP contribution in [0.1, 0.15) is 12.6 Å². The number of benzene rings is 1. The topological polar surface area (TPSA) is 54.4 Å². The summed E-state index contributed by atoms with van der Waals surface area (Å²) in [4.78, 5) is 17.9. The summed E-state index contributed by atoms with van der Waals surface area (Å²) in [5, 5.41) is 4.47. The Balaban J connectivity index is 2.22. The Morgan fingerprint density at radius 2 is 2.27 bits per heavy atom. The highest BCUT2D eigenvalue weighted by molar-refractivity contribution is 5.89. The van der Waals surface area contributed by atoms with Gasteiger partial charge in [0.05, 0.1) is 5.69 Å². The number of nitrogens with one attached hydrogen (secondary N) is 1. The molecule has 1 heterocycles. The lowest BCUT2D eigenvalue weighted by Crippen LogP contribution is -1.91. The van der Waals surface area contributed by atoms with E-state index in [1.807, 2.05) is 30.3 Å². The van der Waals surface area contributed by atoms with Crippen LogP contribution in [-0.2, 0) is 9.63 Å². The molecule has 4 nitrogen and oxygen atoms in total. The lowest BCUT2D eigenvalue weighted by atomic mass is 10.2. The second-order valence-electron chi connectivity index (χ2n) is 3.06. The highest BCUT2D eigenvalue weighted by atomic mass is 16.7. The maximum Gasteiger partial charge on any atom is 0.332 e. The lowest BCUT2D eigenvalue weighted by molar-refractivity contribution is -0.140. The average molecular weight is 201 g/mol. The minimum absolute atomic E-state index is 0.460. The van der Waals surface area contributed by atoms with Gasteiger partial charge in [0.2, 0.25) is 0 Å².